The highest BCUT2D eigenvalue weighted by Gasteiger charge is 2.13. The van der Waals surface area contributed by atoms with Gasteiger partial charge in [-0.05, 0) is 60.5 Å². The van der Waals surface area contributed by atoms with Crippen LogP contribution in [0.1, 0.15) is 30.9 Å². The summed E-state index contributed by atoms with van der Waals surface area (Å²) >= 11 is 8.51. The number of hydrogen-bond acceptors (Lipinski definition) is 5. The molecule has 0 heterocycles. The molecule has 0 aliphatic carbocycles. The molecule has 2 aromatic carbocycles. The summed E-state index contributed by atoms with van der Waals surface area (Å²) in [4.78, 5) is 23.9. The van der Waals surface area contributed by atoms with Crippen molar-refractivity contribution in [3.63, 3.8) is 0 Å². The van der Waals surface area contributed by atoms with Gasteiger partial charge >= 0.3 is 0 Å². The molecule has 0 saturated heterocycles. The van der Waals surface area contributed by atoms with Gasteiger partial charge in [-0.15, -0.1) is 0 Å². The number of hydrazine groups is 1. The minimum Gasteiger partial charge on any atom is -0.484 e. The Labute approximate surface area is 189 Å². The van der Waals surface area contributed by atoms with Crippen molar-refractivity contribution in [2.24, 2.45) is 0 Å². The Morgan fingerprint density at radius 2 is 1.70 bits per heavy atom. The third-order valence-electron chi connectivity index (χ3n) is 3.95. The van der Waals surface area contributed by atoms with Gasteiger partial charge in [0.25, 0.3) is 11.8 Å². The number of carbonyl (C=O) groups excluding carboxylic acids is 2. The van der Waals surface area contributed by atoms with E-state index >= 15 is 0 Å². The number of thiocarbonyl (C=S) groups is 1. The first kappa shape index (κ1) is 23.6. The molecule has 0 aliphatic heterocycles. The van der Waals surface area contributed by atoms with E-state index in [2.05, 4.69) is 32.1 Å². The monoisotopic (exact) mass is 493 g/mol. The van der Waals surface area contributed by atoms with Gasteiger partial charge in [0.1, 0.15) is 11.5 Å². The molecule has 0 saturated carbocycles. The lowest BCUT2D eigenvalue weighted by Gasteiger charge is -2.16. The van der Waals surface area contributed by atoms with Crippen molar-refractivity contribution in [3.05, 3.63) is 58.1 Å². The Morgan fingerprint density at radius 1 is 1.03 bits per heavy atom. The average molecular weight is 494 g/mol. The maximum atomic E-state index is 12.1. The second-order valence-corrected chi connectivity index (χ2v) is 8.00. The molecule has 0 radical (unpaired) electrons. The SMILES string of the molecule is Cc1cc(OCC(=O)NC(=S)NNC(=O)COc2ccccc2)c(C(C)C)cc1Br. The number of para-hydroxylation sites is 1. The highest BCUT2D eigenvalue weighted by molar-refractivity contribution is 9.10. The highest BCUT2D eigenvalue weighted by Crippen LogP contribution is 2.32. The summed E-state index contributed by atoms with van der Waals surface area (Å²) in [5, 5.41) is 2.40. The van der Waals surface area contributed by atoms with Crippen molar-refractivity contribution >= 4 is 45.1 Å². The quantitative estimate of drug-likeness (QED) is 0.404. The Balaban J connectivity index is 1.75. The predicted molar refractivity (Wildman–Crippen MR) is 122 cm³/mol. The molecule has 0 aromatic heterocycles. The number of carbonyl (C=O) groups is 2. The minimum absolute atomic E-state index is 0.0484. The third-order valence-corrected chi connectivity index (χ3v) is 5.01. The van der Waals surface area contributed by atoms with Gasteiger partial charge in [-0.3, -0.25) is 25.8 Å². The van der Waals surface area contributed by atoms with Gasteiger partial charge in [0.15, 0.2) is 18.3 Å². The molecule has 0 aliphatic rings. The van der Waals surface area contributed by atoms with Crippen molar-refractivity contribution in [1.29, 1.82) is 0 Å². The van der Waals surface area contributed by atoms with Crippen LogP contribution < -0.4 is 25.6 Å². The molecule has 0 bridgehead atoms. The fraction of sp³-hybridized carbons (Fsp3) is 0.286. The van der Waals surface area contributed by atoms with E-state index in [0.29, 0.717) is 11.5 Å². The fourth-order valence-electron chi connectivity index (χ4n) is 2.41. The van der Waals surface area contributed by atoms with Gasteiger partial charge in [0.05, 0.1) is 0 Å². The van der Waals surface area contributed by atoms with Crippen LogP contribution >= 0.6 is 28.1 Å². The standard InChI is InChI=1S/C21H24BrN3O4S/c1-13(2)16-10-17(22)14(3)9-18(16)29-11-19(26)23-21(30)25-24-20(27)12-28-15-7-5-4-6-8-15/h4-10,13H,11-12H2,1-3H3,(H,24,27)(H2,23,25,26,30). The van der Waals surface area contributed by atoms with Gasteiger partial charge in [-0.2, -0.15) is 0 Å². The number of aryl methyl sites for hydroxylation is 1. The van der Waals surface area contributed by atoms with Crippen LogP contribution in [0.25, 0.3) is 0 Å². The van der Waals surface area contributed by atoms with Crippen molar-refractivity contribution in [2.75, 3.05) is 13.2 Å². The van der Waals surface area contributed by atoms with Gasteiger partial charge in [-0.1, -0.05) is 48.0 Å². The number of rotatable bonds is 7. The molecule has 9 heteroatoms. The van der Waals surface area contributed by atoms with Gasteiger partial charge in [0.2, 0.25) is 0 Å². The zero-order valence-corrected chi connectivity index (χ0v) is 19.4. The first-order chi connectivity index (χ1) is 14.3. The number of ether oxygens (including phenoxy) is 2. The third kappa shape index (κ3) is 7.64. The molecule has 0 unspecified atom stereocenters. The van der Waals surface area contributed by atoms with E-state index in [0.717, 1.165) is 15.6 Å². The van der Waals surface area contributed by atoms with E-state index in [9.17, 15) is 9.59 Å². The van der Waals surface area contributed by atoms with Crippen LogP contribution in [0.5, 0.6) is 11.5 Å². The first-order valence-electron chi connectivity index (χ1n) is 9.25. The topological polar surface area (TPSA) is 88.7 Å². The zero-order chi connectivity index (χ0) is 22.1. The number of hydrogen-bond donors (Lipinski definition) is 3. The molecule has 0 fully saturated rings. The highest BCUT2D eigenvalue weighted by atomic mass is 79.9. The van der Waals surface area contributed by atoms with Crippen molar-refractivity contribution in [2.45, 2.75) is 26.7 Å². The lowest BCUT2D eigenvalue weighted by atomic mass is 10.0. The molecule has 2 amide bonds. The molecule has 2 aromatic rings. The smallest absolute Gasteiger partial charge is 0.276 e. The largest absolute Gasteiger partial charge is 0.484 e. The maximum Gasteiger partial charge on any atom is 0.276 e. The number of amides is 2. The van der Waals surface area contributed by atoms with Crippen LogP contribution in [0.4, 0.5) is 0 Å². The first-order valence-corrected chi connectivity index (χ1v) is 10.5. The summed E-state index contributed by atoms with van der Waals surface area (Å²) in [6.07, 6.45) is 0. The van der Waals surface area contributed by atoms with Crippen LogP contribution in [-0.4, -0.2) is 30.1 Å². The van der Waals surface area contributed by atoms with Crippen molar-refractivity contribution in [1.82, 2.24) is 16.2 Å². The van der Waals surface area contributed by atoms with E-state index in [1.54, 1.807) is 24.3 Å². The summed E-state index contributed by atoms with van der Waals surface area (Å²) in [5.41, 5.74) is 6.81. The lowest BCUT2D eigenvalue weighted by molar-refractivity contribution is -0.124. The molecule has 7 nitrogen and oxygen atoms in total. The van der Waals surface area contributed by atoms with Gasteiger partial charge in [-0.25, -0.2) is 0 Å². The summed E-state index contributed by atoms with van der Waals surface area (Å²) in [7, 11) is 0. The number of benzene rings is 2. The summed E-state index contributed by atoms with van der Waals surface area (Å²) in [6.45, 7) is 5.64. The fourth-order valence-corrected chi connectivity index (χ4v) is 2.94. The minimum atomic E-state index is -0.447. The normalized spacial score (nSPS) is 10.3. The van der Waals surface area contributed by atoms with Gasteiger partial charge < -0.3 is 9.47 Å². The second-order valence-electron chi connectivity index (χ2n) is 6.73. The van der Waals surface area contributed by atoms with Crippen molar-refractivity contribution < 1.29 is 19.1 Å². The lowest BCUT2D eigenvalue weighted by Crippen LogP contribution is -2.50. The van der Waals surface area contributed by atoms with Crippen LogP contribution in [0.3, 0.4) is 0 Å². The molecule has 0 atom stereocenters. The van der Waals surface area contributed by atoms with E-state index in [-0.39, 0.29) is 24.2 Å². The average Bonchev–Trinajstić information content (AvgIpc) is 2.71. The summed E-state index contributed by atoms with van der Waals surface area (Å²) in [6, 6.07) is 12.8. The number of nitrogens with one attached hydrogen (secondary N) is 3. The van der Waals surface area contributed by atoms with E-state index in [1.165, 1.54) is 0 Å². The van der Waals surface area contributed by atoms with E-state index < -0.39 is 11.8 Å². The molecular formula is C21H24BrN3O4S. The molecule has 0 spiro atoms. The van der Waals surface area contributed by atoms with Crippen LogP contribution in [-0.2, 0) is 9.59 Å². The maximum absolute atomic E-state index is 12.1. The Kier molecular flexibility index (Phi) is 9.07. The van der Waals surface area contributed by atoms with E-state index in [1.807, 2.05) is 39.0 Å². The van der Waals surface area contributed by atoms with Crippen LogP contribution in [0.15, 0.2) is 46.9 Å². The Hall–Kier alpha value is -2.65. The Bertz CT molecular complexity index is 907. The number of halogens is 1. The predicted octanol–water partition coefficient (Wildman–Crippen LogP) is 3.36. The molecule has 160 valence electrons. The Morgan fingerprint density at radius 3 is 2.37 bits per heavy atom. The summed E-state index contributed by atoms with van der Waals surface area (Å²) in [5.74, 6) is 0.558. The molecule has 30 heavy (non-hydrogen) atoms. The summed E-state index contributed by atoms with van der Waals surface area (Å²) < 4.78 is 12.0. The van der Waals surface area contributed by atoms with E-state index in [4.69, 9.17) is 21.7 Å². The second kappa shape index (κ2) is 11.5. The molecule has 2 rings (SSSR count). The van der Waals surface area contributed by atoms with Crippen LogP contribution in [0.2, 0.25) is 0 Å². The van der Waals surface area contributed by atoms with Crippen LogP contribution in [0, 0.1) is 6.92 Å². The molecular weight excluding hydrogens is 470 g/mol. The van der Waals surface area contributed by atoms with Crippen molar-refractivity contribution in [3.8, 4) is 11.5 Å². The molecule has 3 N–H and O–H groups in total. The zero-order valence-electron chi connectivity index (χ0n) is 17.0. The van der Waals surface area contributed by atoms with Gasteiger partial charge in [0, 0.05) is 4.47 Å².